The molecule has 0 radical (unpaired) electrons. The van der Waals surface area contributed by atoms with Crippen molar-refractivity contribution in [3.8, 4) is 5.75 Å². The largest absolute Gasteiger partial charge is 0.491 e. The van der Waals surface area contributed by atoms with Crippen molar-refractivity contribution < 1.29 is 14.3 Å². The van der Waals surface area contributed by atoms with E-state index in [2.05, 4.69) is 5.32 Å². The monoisotopic (exact) mass is 289 g/mol. The summed E-state index contributed by atoms with van der Waals surface area (Å²) in [5.41, 5.74) is 0.470. The summed E-state index contributed by atoms with van der Waals surface area (Å²) in [5.74, 6) is 0.946. The highest BCUT2D eigenvalue weighted by Crippen LogP contribution is 2.42. The number of ether oxygens (including phenoxy) is 2. The number of carbonyl (C=O) groups is 1. The Labute approximate surface area is 125 Å². The van der Waals surface area contributed by atoms with Gasteiger partial charge in [-0.1, -0.05) is 12.1 Å². The molecule has 0 heterocycles. The van der Waals surface area contributed by atoms with Crippen LogP contribution < -0.4 is 10.1 Å². The van der Waals surface area contributed by atoms with Gasteiger partial charge in [0.25, 0.3) is 0 Å². The van der Waals surface area contributed by atoms with Gasteiger partial charge >= 0.3 is 5.97 Å². The first-order chi connectivity index (χ1) is 10.1. The van der Waals surface area contributed by atoms with Crippen molar-refractivity contribution >= 4 is 5.97 Å². The molecule has 1 atom stereocenters. The summed E-state index contributed by atoms with van der Waals surface area (Å²) in [4.78, 5) is 12.4. The van der Waals surface area contributed by atoms with Crippen molar-refractivity contribution in [3.05, 3.63) is 29.8 Å². The highest BCUT2D eigenvalue weighted by atomic mass is 16.5. The van der Waals surface area contributed by atoms with Gasteiger partial charge in [-0.2, -0.15) is 0 Å². The van der Waals surface area contributed by atoms with Gasteiger partial charge in [-0.3, -0.25) is 5.32 Å². The SMILES string of the molecule is COC(=O)C(COc1cccc(C)c1)(NC1CC1)C1CC1. The first-order valence-corrected chi connectivity index (χ1v) is 7.69. The molecule has 1 unspecified atom stereocenters. The van der Waals surface area contributed by atoms with E-state index in [4.69, 9.17) is 9.47 Å². The van der Waals surface area contributed by atoms with Crippen LogP contribution in [0, 0.1) is 12.8 Å². The summed E-state index contributed by atoms with van der Waals surface area (Å²) >= 11 is 0. The average molecular weight is 289 g/mol. The minimum Gasteiger partial charge on any atom is -0.491 e. The molecule has 21 heavy (non-hydrogen) atoms. The van der Waals surface area contributed by atoms with Crippen molar-refractivity contribution in [2.45, 2.75) is 44.2 Å². The molecule has 4 heteroatoms. The number of carbonyl (C=O) groups excluding carboxylic acids is 1. The fourth-order valence-corrected chi connectivity index (χ4v) is 2.81. The summed E-state index contributed by atoms with van der Waals surface area (Å²) in [6.07, 6.45) is 4.39. The van der Waals surface area contributed by atoms with Crippen molar-refractivity contribution in [3.63, 3.8) is 0 Å². The molecule has 0 bridgehead atoms. The fourth-order valence-electron chi connectivity index (χ4n) is 2.81. The lowest BCUT2D eigenvalue weighted by Crippen LogP contribution is -2.59. The van der Waals surface area contributed by atoms with Gasteiger partial charge in [-0.15, -0.1) is 0 Å². The molecule has 1 aromatic rings. The summed E-state index contributed by atoms with van der Waals surface area (Å²) in [7, 11) is 1.46. The predicted octanol–water partition coefficient (Wildman–Crippen LogP) is 2.45. The van der Waals surface area contributed by atoms with Crippen LogP contribution in [-0.2, 0) is 9.53 Å². The Kier molecular flexibility index (Phi) is 3.89. The summed E-state index contributed by atoms with van der Waals surface area (Å²) in [5, 5.41) is 3.50. The molecule has 4 nitrogen and oxygen atoms in total. The summed E-state index contributed by atoms with van der Waals surface area (Å²) in [6.45, 7) is 2.37. The van der Waals surface area contributed by atoms with E-state index in [1.165, 1.54) is 7.11 Å². The molecular weight excluding hydrogens is 266 g/mol. The smallest absolute Gasteiger partial charge is 0.329 e. The molecule has 114 valence electrons. The van der Waals surface area contributed by atoms with E-state index in [9.17, 15) is 4.79 Å². The van der Waals surface area contributed by atoms with Crippen LogP contribution in [-0.4, -0.2) is 31.3 Å². The number of nitrogens with one attached hydrogen (secondary N) is 1. The number of methoxy groups -OCH3 is 1. The second-order valence-electron chi connectivity index (χ2n) is 6.26. The molecule has 0 amide bonds. The Hall–Kier alpha value is -1.55. The number of esters is 1. The van der Waals surface area contributed by atoms with Crippen LogP contribution in [0.2, 0.25) is 0 Å². The maximum atomic E-state index is 12.4. The second-order valence-corrected chi connectivity index (χ2v) is 6.26. The third kappa shape index (κ3) is 3.21. The highest BCUT2D eigenvalue weighted by molar-refractivity contribution is 5.82. The standard InChI is InChI=1S/C17H23NO3/c1-12-4-3-5-15(10-12)21-11-17(13-6-7-13,16(19)20-2)18-14-8-9-14/h3-5,10,13-14,18H,6-9,11H2,1-2H3. The normalized spacial score (nSPS) is 20.7. The van der Waals surface area contributed by atoms with E-state index in [-0.39, 0.29) is 5.97 Å². The van der Waals surface area contributed by atoms with Gasteiger partial charge in [-0.05, 0) is 56.2 Å². The van der Waals surface area contributed by atoms with E-state index < -0.39 is 5.54 Å². The van der Waals surface area contributed by atoms with Crippen LogP contribution in [0.4, 0.5) is 0 Å². The third-order valence-electron chi connectivity index (χ3n) is 4.32. The first-order valence-electron chi connectivity index (χ1n) is 7.69. The minimum atomic E-state index is -0.681. The zero-order valence-corrected chi connectivity index (χ0v) is 12.7. The number of rotatable bonds is 7. The minimum absolute atomic E-state index is 0.190. The maximum absolute atomic E-state index is 12.4. The Morgan fingerprint density at radius 3 is 2.67 bits per heavy atom. The zero-order valence-electron chi connectivity index (χ0n) is 12.7. The van der Waals surface area contributed by atoms with E-state index in [1.54, 1.807) is 0 Å². The molecule has 3 rings (SSSR count). The van der Waals surface area contributed by atoms with Crippen LogP contribution in [0.1, 0.15) is 31.2 Å². The van der Waals surface area contributed by atoms with Crippen LogP contribution in [0.3, 0.4) is 0 Å². The van der Waals surface area contributed by atoms with E-state index >= 15 is 0 Å². The number of hydrogen-bond donors (Lipinski definition) is 1. The van der Waals surface area contributed by atoms with Crippen LogP contribution in [0.15, 0.2) is 24.3 Å². The number of hydrogen-bond acceptors (Lipinski definition) is 4. The topological polar surface area (TPSA) is 47.6 Å². The molecular formula is C17H23NO3. The number of benzene rings is 1. The second kappa shape index (κ2) is 5.68. The number of aryl methyl sites for hydroxylation is 1. The Balaban J connectivity index is 1.75. The van der Waals surface area contributed by atoms with E-state index in [1.807, 2.05) is 31.2 Å². The molecule has 1 N–H and O–H groups in total. The van der Waals surface area contributed by atoms with E-state index in [0.717, 1.165) is 37.0 Å². The lowest BCUT2D eigenvalue weighted by molar-refractivity contribution is -0.151. The molecule has 2 saturated carbocycles. The van der Waals surface area contributed by atoms with Crippen LogP contribution in [0.25, 0.3) is 0 Å². The van der Waals surface area contributed by atoms with Gasteiger partial charge in [0.1, 0.15) is 12.4 Å². The molecule has 2 aliphatic carbocycles. The third-order valence-corrected chi connectivity index (χ3v) is 4.32. The molecule has 0 aliphatic heterocycles. The Morgan fingerprint density at radius 2 is 2.10 bits per heavy atom. The first kappa shape index (κ1) is 14.4. The van der Waals surface area contributed by atoms with Crippen molar-refractivity contribution in [1.29, 1.82) is 0 Å². The molecule has 2 fully saturated rings. The van der Waals surface area contributed by atoms with Gasteiger partial charge in [0.15, 0.2) is 5.54 Å². The molecule has 1 aromatic carbocycles. The lowest BCUT2D eigenvalue weighted by Gasteiger charge is -2.32. The fraction of sp³-hybridized carbons (Fsp3) is 0.588. The van der Waals surface area contributed by atoms with Crippen molar-refractivity contribution in [1.82, 2.24) is 5.32 Å². The highest BCUT2D eigenvalue weighted by Gasteiger charge is 2.54. The lowest BCUT2D eigenvalue weighted by atomic mass is 9.93. The maximum Gasteiger partial charge on any atom is 0.329 e. The van der Waals surface area contributed by atoms with Crippen LogP contribution >= 0.6 is 0 Å². The van der Waals surface area contributed by atoms with E-state index in [0.29, 0.717) is 18.6 Å². The van der Waals surface area contributed by atoms with Crippen LogP contribution in [0.5, 0.6) is 5.75 Å². The molecule has 2 aliphatic rings. The van der Waals surface area contributed by atoms with Gasteiger partial charge in [-0.25, -0.2) is 4.79 Å². The van der Waals surface area contributed by atoms with Gasteiger partial charge < -0.3 is 9.47 Å². The molecule has 0 aromatic heterocycles. The Morgan fingerprint density at radius 1 is 1.33 bits per heavy atom. The zero-order chi connectivity index (χ0) is 14.9. The average Bonchev–Trinajstić information content (AvgIpc) is 3.36. The summed E-state index contributed by atoms with van der Waals surface area (Å²) < 4.78 is 11.0. The predicted molar refractivity (Wildman–Crippen MR) is 80.3 cm³/mol. The summed E-state index contributed by atoms with van der Waals surface area (Å²) in [6, 6.07) is 8.36. The molecule has 0 saturated heterocycles. The van der Waals surface area contributed by atoms with Gasteiger partial charge in [0.2, 0.25) is 0 Å². The molecule has 0 spiro atoms. The van der Waals surface area contributed by atoms with Crippen molar-refractivity contribution in [2.75, 3.05) is 13.7 Å². The van der Waals surface area contributed by atoms with Gasteiger partial charge in [0, 0.05) is 6.04 Å². The Bertz CT molecular complexity index is 523. The van der Waals surface area contributed by atoms with Crippen molar-refractivity contribution in [2.24, 2.45) is 5.92 Å². The quantitative estimate of drug-likeness (QED) is 0.783. The van der Waals surface area contributed by atoms with Gasteiger partial charge in [0.05, 0.1) is 7.11 Å².